The molecule has 2 aromatic heterocycles. The van der Waals surface area contributed by atoms with Crippen LogP contribution in [0.3, 0.4) is 0 Å². The van der Waals surface area contributed by atoms with E-state index in [1.165, 1.54) is 0 Å². The number of aromatic nitrogens is 2. The van der Waals surface area contributed by atoms with E-state index in [9.17, 15) is 0 Å². The first-order valence-electron chi connectivity index (χ1n) is 7.24. The molecule has 2 N–H and O–H groups in total. The Balaban J connectivity index is 1.83. The van der Waals surface area contributed by atoms with Gasteiger partial charge in [-0.1, -0.05) is 12.1 Å². The summed E-state index contributed by atoms with van der Waals surface area (Å²) in [5, 5.41) is 6.90. The molecule has 4 heteroatoms. The second-order valence-electron chi connectivity index (χ2n) is 5.30. The van der Waals surface area contributed by atoms with E-state index in [1.54, 1.807) is 0 Å². The van der Waals surface area contributed by atoms with Crippen molar-refractivity contribution in [3.05, 3.63) is 73.3 Å². The summed E-state index contributed by atoms with van der Waals surface area (Å²) in [5.74, 6) is 0. The molecule has 0 spiro atoms. The van der Waals surface area contributed by atoms with E-state index in [4.69, 9.17) is 0 Å². The first-order chi connectivity index (χ1) is 10.7. The van der Waals surface area contributed by atoms with E-state index in [2.05, 4.69) is 47.0 Å². The molecular weight excluding hydrogens is 272 g/mol. The van der Waals surface area contributed by atoms with Crippen LogP contribution < -0.4 is 19.8 Å². The average molecular weight is 292 g/mol. The summed E-state index contributed by atoms with van der Waals surface area (Å²) >= 11 is 0. The zero-order valence-electron chi connectivity index (χ0n) is 12.8. The molecule has 0 aliphatic rings. The molecule has 0 radical (unpaired) electrons. The van der Waals surface area contributed by atoms with Gasteiger partial charge >= 0.3 is 0 Å². The average Bonchev–Trinajstić information content (AvgIpc) is 2.54. The minimum atomic E-state index is 1.05. The van der Waals surface area contributed by atoms with Crippen molar-refractivity contribution in [2.75, 3.05) is 10.6 Å². The van der Waals surface area contributed by atoms with Crippen molar-refractivity contribution in [1.29, 1.82) is 0 Å². The lowest BCUT2D eigenvalue weighted by molar-refractivity contribution is -0.671. The van der Waals surface area contributed by atoms with Crippen LogP contribution in [-0.2, 0) is 14.1 Å². The fourth-order valence-electron chi connectivity index (χ4n) is 2.18. The van der Waals surface area contributed by atoms with Gasteiger partial charge in [-0.2, -0.15) is 0 Å². The SMILES string of the molecule is C[n+]1ccc(Nc2ccccc2Nc2cc[n+](C)cc2)cc1. The monoisotopic (exact) mass is 292 g/mol. The lowest BCUT2D eigenvalue weighted by Crippen LogP contribution is -2.25. The maximum absolute atomic E-state index is 3.45. The maximum Gasteiger partial charge on any atom is 0.170 e. The number of benzene rings is 1. The van der Waals surface area contributed by atoms with E-state index >= 15 is 0 Å². The molecule has 3 aromatic rings. The van der Waals surface area contributed by atoms with E-state index in [-0.39, 0.29) is 0 Å². The number of pyridine rings is 2. The zero-order valence-corrected chi connectivity index (χ0v) is 12.8. The smallest absolute Gasteiger partial charge is 0.170 e. The Morgan fingerprint density at radius 3 is 1.32 bits per heavy atom. The fraction of sp³-hybridized carbons (Fsp3) is 0.111. The molecular formula is C18H20N4+2. The minimum Gasteiger partial charge on any atom is -0.353 e. The van der Waals surface area contributed by atoms with Crippen LogP contribution in [-0.4, -0.2) is 0 Å². The van der Waals surface area contributed by atoms with Gasteiger partial charge in [0.2, 0.25) is 0 Å². The molecule has 4 nitrogen and oxygen atoms in total. The Labute approximate surface area is 130 Å². The van der Waals surface area contributed by atoms with Crippen molar-refractivity contribution in [3.63, 3.8) is 0 Å². The van der Waals surface area contributed by atoms with Crippen LogP contribution in [0, 0.1) is 0 Å². The summed E-state index contributed by atoms with van der Waals surface area (Å²) in [6, 6.07) is 16.4. The van der Waals surface area contributed by atoms with Gasteiger partial charge in [0, 0.05) is 24.3 Å². The van der Waals surface area contributed by atoms with Crippen LogP contribution in [0.2, 0.25) is 0 Å². The summed E-state index contributed by atoms with van der Waals surface area (Å²) < 4.78 is 4.03. The molecule has 0 aliphatic heterocycles. The highest BCUT2D eigenvalue weighted by Crippen LogP contribution is 2.27. The van der Waals surface area contributed by atoms with Crippen molar-refractivity contribution >= 4 is 22.7 Å². The minimum absolute atomic E-state index is 1.05. The Kier molecular flexibility index (Phi) is 4.01. The lowest BCUT2D eigenvalue weighted by Gasteiger charge is -2.13. The second kappa shape index (κ2) is 6.26. The van der Waals surface area contributed by atoms with Crippen LogP contribution in [0.1, 0.15) is 0 Å². The Hall–Kier alpha value is -2.88. The van der Waals surface area contributed by atoms with Crippen molar-refractivity contribution in [1.82, 2.24) is 0 Å². The lowest BCUT2D eigenvalue weighted by atomic mass is 10.2. The Bertz CT molecular complexity index is 682. The molecule has 0 aliphatic carbocycles. The number of nitrogens with one attached hydrogen (secondary N) is 2. The molecule has 0 fully saturated rings. The summed E-state index contributed by atoms with van der Waals surface area (Å²) in [6.07, 6.45) is 8.09. The highest BCUT2D eigenvalue weighted by Gasteiger charge is 2.04. The fourth-order valence-corrected chi connectivity index (χ4v) is 2.18. The number of para-hydroxylation sites is 2. The number of aryl methyl sites for hydroxylation is 2. The molecule has 0 bridgehead atoms. The highest BCUT2D eigenvalue weighted by atomic mass is 15.0. The standard InChI is InChI=1S/C18H18N4/c1-21-11-7-15(8-12-21)19-17-5-3-4-6-18(17)20-16-9-13-22(2)14-10-16/h3-14H,1-2H3/p+2. The van der Waals surface area contributed by atoms with Gasteiger partial charge in [0.15, 0.2) is 24.8 Å². The van der Waals surface area contributed by atoms with Crippen LogP contribution in [0.4, 0.5) is 22.7 Å². The predicted octanol–water partition coefficient (Wildman–Crippen LogP) is 2.82. The van der Waals surface area contributed by atoms with Gasteiger partial charge in [-0.15, -0.1) is 0 Å². The Morgan fingerprint density at radius 1 is 0.591 bits per heavy atom. The highest BCUT2D eigenvalue weighted by molar-refractivity contribution is 5.77. The van der Waals surface area contributed by atoms with Gasteiger partial charge in [-0.3, -0.25) is 0 Å². The molecule has 0 atom stereocenters. The topological polar surface area (TPSA) is 31.8 Å². The number of hydrogen-bond donors (Lipinski definition) is 2. The van der Waals surface area contributed by atoms with E-state index in [1.807, 2.05) is 60.1 Å². The molecule has 0 amide bonds. The molecule has 1 aromatic carbocycles. The second-order valence-corrected chi connectivity index (χ2v) is 5.30. The van der Waals surface area contributed by atoms with Crippen molar-refractivity contribution in [2.24, 2.45) is 14.1 Å². The summed E-state index contributed by atoms with van der Waals surface area (Å²) in [6.45, 7) is 0. The molecule has 110 valence electrons. The summed E-state index contributed by atoms with van der Waals surface area (Å²) in [4.78, 5) is 0. The van der Waals surface area contributed by atoms with Crippen molar-refractivity contribution in [3.8, 4) is 0 Å². The largest absolute Gasteiger partial charge is 0.353 e. The third-order valence-electron chi connectivity index (χ3n) is 3.44. The Morgan fingerprint density at radius 2 is 0.955 bits per heavy atom. The molecule has 0 saturated heterocycles. The van der Waals surface area contributed by atoms with Crippen LogP contribution in [0.15, 0.2) is 73.3 Å². The number of anilines is 4. The van der Waals surface area contributed by atoms with Gasteiger partial charge in [-0.05, 0) is 12.1 Å². The zero-order chi connectivity index (χ0) is 15.4. The quantitative estimate of drug-likeness (QED) is 0.725. The first kappa shape index (κ1) is 14.1. The van der Waals surface area contributed by atoms with Gasteiger partial charge in [0.25, 0.3) is 0 Å². The third-order valence-corrected chi connectivity index (χ3v) is 3.44. The molecule has 2 heterocycles. The summed E-state index contributed by atoms with van der Waals surface area (Å²) in [7, 11) is 4.02. The van der Waals surface area contributed by atoms with Gasteiger partial charge in [0.05, 0.1) is 22.7 Å². The van der Waals surface area contributed by atoms with Gasteiger partial charge < -0.3 is 10.6 Å². The van der Waals surface area contributed by atoms with Crippen molar-refractivity contribution < 1.29 is 9.13 Å². The number of rotatable bonds is 4. The van der Waals surface area contributed by atoms with Gasteiger partial charge in [-0.25, -0.2) is 9.13 Å². The summed E-state index contributed by atoms with van der Waals surface area (Å²) in [5.41, 5.74) is 4.22. The molecule has 0 unspecified atom stereocenters. The number of hydrogen-bond acceptors (Lipinski definition) is 2. The van der Waals surface area contributed by atoms with Crippen LogP contribution in [0.5, 0.6) is 0 Å². The van der Waals surface area contributed by atoms with Gasteiger partial charge in [0.1, 0.15) is 14.1 Å². The van der Waals surface area contributed by atoms with Crippen LogP contribution >= 0.6 is 0 Å². The van der Waals surface area contributed by atoms with E-state index in [0.29, 0.717) is 0 Å². The molecule has 22 heavy (non-hydrogen) atoms. The number of nitrogens with zero attached hydrogens (tertiary/aromatic N) is 2. The molecule has 0 saturated carbocycles. The third kappa shape index (κ3) is 3.41. The van der Waals surface area contributed by atoms with Crippen LogP contribution in [0.25, 0.3) is 0 Å². The first-order valence-corrected chi connectivity index (χ1v) is 7.24. The maximum atomic E-state index is 3.45. The van der Waals surface area contributed by atoms with E-state index < -0.39 is 0 Å². The molecule has 3 rings (SSSR count). The van der Waals surface area contributed by atoms with Crippen molar-refractivity contribution in [2.45, 2.75) is 0 Å². The predicted molar refractivity (Wildman–Crippen MR) is 88.2 cm³/mol. The van der Waals surface area contributed by atoms with E-state index in [0.717, 1.165) is 22.7 Å². The normalized spacial score (nSPS) is 10.3.